The highest BCUT2D eigenvalue weighted by Crippen LogP contribution is 2.23. The molecule has 7 nitrogen and oxygen atoms in total. The summed E-state index contributed by atoms with van der Waals surface area (Å²) in [6, 6.07) is 8.98. The van der Waals surface area contributed by atoms with Gasteiger partial charge in [-0.15, -0.1) is 0 Å². The minimum Gasteiger partial charge on any atom is -0.479 e. The number of aliphatic hydroxyl groups is 2. The van der Waals surface area contributed by atoms with E-state index in [0.29, 0.717) is 0 Å². The van der Waals surface area contributed by atoms with Gasteiger partial charge in [-0.2, -0.15) is 0 Å². The third kappa shape index (κ3) is 2.73. The molecule has 0 unspecified atom stereocenters. The topological polar surface area (TPSA) is 107 Å². The van der Waals surface area contributed by atoms with Gasteiger partial charge in [-0.3, -0.25) is 0 Å². The van der Waals surface area contributed by atoms with E-state index in [1.165, 1.54) is 0 Å². The Bertz CT molecular complexity index is 505. The minimum atomic E-state index is -2.34. The molecule has 1 saturated heterocycles. The van der Waals surface area contributed by atoms with E-state index in [-0.39, 0.29) is 13.2 Å². The maximum Gasteiger partial charge on any atom is 0.410 e. The molecular formula is C13H15NO6. The number of hydrogen-bond donors (Lipinski definition) is 3. The van der Waals surface area contributed by atoms with Crippen LogP contribution in [0, 0.1) is 0 Å². The van der Waals surface area contributed by atoms with E-state index in [4.69, 9.17) is 9.84 Å². The predicted molar refractivity (Wildman–Crippen MR) is 66.8 cm³/mol. The lowest BCUT2D eigenvalue weighted by atomic mass is 10.0. The van der Waals surface area contributed by atoms with Crippen LogP contribution in [0.3, 0.4) is 0 Å². The molecule has 2 rings (SSSR count). The molecule has 108 valence electrons. The van der Waals surface area contributed by atoms with Crippen LogP contribution in [0.1, 0.15) is 5.56 Å². The van der Waals surface area contributed by atoms with Gasteiger partial charge in [0, 0.05) is 0 Å². The van der Waals surface area contributed by atoms with Crippen LogP contribution < -0.4 is 0 Å². The summed E-state index contributed by atoms with van der Waals surface area (Å²) >= 11 is 0. The van der Waals surface area contributed by atoms with Gasteiger partial charge in [0.25, 0.3) is 0 Å². The van der Waals surface area contributed by atoms with Gasteiger partial charge in [0.2, 0.25) is 5.60 Å². The number of carboxylic acid groups (broad SMARTS) is 1. The van der Waals surface area contributed by atoms with Gasteiger partial charge in [-0.05, 0) is 5.56 Å². The molecule has 1 fully saturated rings. The van der Waals surface area contributed by atoms with Gasteiger partial charge >= 0.3 is 12.1 Å². The Morgan fingerprint density at radius 2 is 2.00 bits per heavy atom. The highest BCUT2D eigenvalue weighted by atomic mass is 16.6. The van der Waals surface area contributed by atoms with Crippen molar-refractivity contribution < 1.29 is 29.6 Å². The van der Waals surface area contributed by atoms with E-state index in [2.05, 4.69) is 0 Å². The highest BCUT2D eigenvalue weighted by molar-refractivity contribution is 5.81. The van der Waals surface area contributed by atoms with Crippen molar-refractivity contribution in [3.8, 4) is 0 Å². The van der Waals surface area contributed by atoms with E-state index in [0.717, 1.165) is 10.5 Å². The number of aliphatic hydroxyl groups excluding tert-OH is 1. The molecule has 1 aromatic carbocycles. The van der Waals surface area contributed by atoms with Crippen molar-refractivity contribution in [3.63, 3.8) is 0 Å². The Labute approximate surface area is 115 Å². The quantitative estimate of drug-likeness (QED) is 0.709. The zero-order chi connectivity index (χ0) is 14.8. The van der Waals surface area contributed by atoms with Crippen molar-refractivity contribution in [2.75, 3.05) is 13.1 Å². The summed E-state index contributed by atoms with van der Waals surface area (Å²) in [4.78, 5) is 23.6. The zero-order valence-corrected chi connectivity index (χ0v) is 10.6. The number of ether oxygens (including phenoxy) is 1. The molecule has 1 aliphatic heterocycles. The van der Waals surface area contributed by atoms with Gasteiger partial charge in [-0.1, -0.05) is 30.3 Å². The van der Waals surface area contributed by atoms with E-state index in [1.54, 1.807) is 24.3 Å². The molecule has 0 radical (unpaired) electrons. The SMILES string of the molecule is O=C(OCc1ccccc1)N1C[C@@H](O)[C@](O)(C(=O)O)C1. The highest BCUT2D eigenvalue weighted by Gasteiger charge is 2.52. The number of nitrogens with zero attached hydrogens (tertiary/aromatic N) is 1. The van der Waals surface area contributed by atoms with Crippen molar-refractivity contribution >= 4 is 12.1 Å². The van der Waals surface area contributed by atoms with Crippen molar-refractivity contribution in [2.45, 2.75) is 18.3 Å². The molecule has 1 amide bonds. The van der Waals surface area contributed by atoms with Crippen molar-refractivity contribution in [1.29, 1.82) is 0 Å². The molecular weight excluding hydrogens is 266 g/mol. The van der Waals surface area contributed by atoms with Crippen molar-refractivity contribution in [3.05, 3.63) is 35.9 Å². The smallest absolute Gasteiger partial charge is 0.410 e. The average Bonchev–Trinajstić information content (AvgIpc) is 2.75. The van der Waals surface area contributed by atoms with Crippen LogP contribution in [0.5, 0.6) is 0 Å². The summed E-state index contributed by atoms with van der Waals surface area (Å²) in [5.41, 5.74) is -1.56. The van der Waals surface area contributed by atoms with Gasteiger partial charge in [0.05, 0.1) is 13.1 Å². The fourth-order valence-corrected chi connectivity index (χ4v) is 1.98. The van der Waals surface area contributed by atoms with E-state index in [1.807, 2.05) is 6.07 Å². The van der Waals surface area contributed by atoms with Crippen LogP contribution in [0.4, 0.5) is 4.79 Å². The fraction of sp³-hybridized carbons (Fsp3) is 0.385. The molecule has 0 bridgehead atoms. The Balaban J connectivity index is 1.93. The average molecular weight is 281 g/mol. The van der Waals surface area contributed by atoms with Crippen molar-refractivity contribution in [1.82, 2.24) is 4.90 Å². The van der Waals surface area contributed by atoms with Crippen LogP contribution >= 0.6 is 0 Å². The molecule has 1 heterocycles. The maximum absolute atomic E-state index is 11.8. The van der Waals surface area contributed by atoms with Crippen LogP contribution in [0.15, 0.2) is 30.3 Å². The maximum atomic E-state index is 11.8. The number of aliphatic carboxylic acids is 1. The third-order valence-corrected chi connectivity index (χ3v) is 3.21. The molecule has 3 N–H and O–H groups in total. The first-order valence-electron chi connectivity index (χ1n) is 6.03. The molecule has 0 spiro atoms. The van der Waals surface area contributed by atoms with Crippen LogP contribution in [-0.4, -0.2) is 57.1 Å². The Kier molecular flexibility index (Phi) is 3.91. The lowest BCUT2D eigenvalue weighted by molar-refractivity contribution is -0.165. The second-order valence-electron chi connectivity index (χ2n) is 4.67. The second kappa shape index (κ2) is 5.48. The van der Waals surface area contributed by atoms with E-state index in [9.17, 15) is 19.8 Å². The molecule has 1 aliphatic rings. The second-order valence-corrected chi connectivity index (χ2v) is 4.67. The third-order valence-electron chi connectivity index (χ3n) is 3.21. The first-order chi connectivity index (χ1) is 9.43. The summed E-state index contributed by atoms with van der Waals surface area (Å²) in [7, 11) is 0. The van der Waals surface area contributed by atoms with Crippen LogP contribution in [0.25, 0.3) is 0 Å². The largest absolute Gasteiger partial charge is 0.479 e. The predicted octanol–water partition coefficient (Wildman–Crippen LogP) is -0.185. The van der Waals surface area contributed by atoms with Crippen molar-refractivity contribution in [2.24, 2.45) is 0 Å². The Hall–Kier alpha value is -2.12. The van der Waals surface area contributed by atoms with Gasteiger partial charge in [-0.25, -0.2) is 9.59 Å². The molecule has 0 aliphatic carbocycles. The van der Waals surface area contributed by atoms with Crippen LogP contribution in [0.2, 0.25) is 0 Å². The number of hydrogen-bond acceptors (Lipinski definition) is 5. The van der Waals surface area contributed by atoms with E-state index >= 15 is 0 Å². The summed E-state index contributed by atoms with van der Waals surface area (Å²) in [5.74, 6) is -1.57. The van der Waals surface area contributed by atoms with Gasteiger partial charge < -0.3 is 25.0 Å². The Morgan fingerprint density at radius 1 is 1.35 bits per heavy atom. The molecule has 7 heteroatoms. The standard InChI is InChI=1S/C13H15NO6/c15-10-6-14(8-13(10,19)11(16)17)12(18)20-7-9-4-2-1-3-5-9/h1-5,10,15,19H,6-8H2,(H,16,17)/t10-,13+/m1/s1. The Morgan fingerprint density at radius 3 is 2.55 bits per heavy atom. The molecule has 1 aromatic rings. The van der Waals surface area contributed by atoms with E-state index < -0.39 is 30.3 Å². The first kappa shape index (κ1) is 14.3. The normalized spacial score (nSPS) is 25.5. The first-order valence-corrected chi connectivity index (χ1v) is 6.03. The molecule has 2 atom stereocenters. The monoisotopic (exact) mass is 281 g/mol. The lowest BCUT2D eigenvalue weighted by Gasteiger charge is -2.19. The summed E-state index contributed by atoms with van der Waals surface area (Å²) in [6.07, 6.45) is -2.31. The lowest BCUT2D eigenvalue weighted by Crippen LogP contribution is -2.49. The zero-order valence-electron chi connectivity index (χ0n) is 10.6. The number of benzene rings is 1. The number of β-amino-alcohol motifs (C(OH)–C–C–N with tert-alkyl or cyclic N) is 2. The molecule has 20 heavy (non-hydrogen) atoms. The number of carbonyl (C=O) groups excluding carboxylic acids is 1. The van der Waals surface area contributed by atoms with Gasteiger partial charge in [0.15, 0.2) is 0 Å². The van der Waals surface area contributed by atoms with Gasteiger partial charge in [0.1, 0.15) is 12.7 Å². The number of rotatable bonds is 3. The summed E-state index contributed by atoms with van der Waals surface area (Å²) < 4.78 is 5.01. The molecule has 0 aromatic heterocycles. The number of carbonyl (C=O) groups is 2. The summed E-state index contributed by atoms with van der Waals surface area (Å²) in [5, 5.41) is 28.1. The van der Waals surface area contributed by atoms with Crippen LogP contribution in [-0.2, 0) is 16.1 Å². The minimum absolute atomic E-state index is 0.0395. The number of amides is 1. The number of likely N-dealkylation sites (tertiary alicyclic amines) is 1. The molecule has 0 saturated carbocycles. The number of carboxylic acids is 1. The summed E-state index contributed by atoms with van der Waals surface area (Å²) in [6.45, 7) is -0.745. The fourth-order valence-electron chi connectivity index (χ4n) is 1.98.